The highest BCUT2D eigenvalue weighted by Crippen LogP contribution is 2.14. The van der Waals surface area contributed by atoms with E-state index >= 15 is 0 Å². The fourth-order valence-corrected chi connectivity index (χ4v) is 2.33. The third-order valence-electron chi connectivity index (χ3n) is 3.51. The molecule has 0 radical (unpaired) electrons. The average molecular weight is 307 g/mol. The average Bonchev–Trinajstić information content (AvgIpc) is 3.07. The Balaban J connectivity index is 1.73. The Bertz CT molecular complexity index is 798. The summed E-state index contributed by atoms with van der Waals surface area (Å²) in [6.07, 6.45) is 5.27. The molecule has 116 valence electrons. The van der Waals surface area contributed by atoms with Crippen LogP contribution >= 0.6 is 0 Å². The van der Waals surface area contributed by atoms with Crippen molar-refractivity contribution in [2.24, 2.45) is 5.73 Å². The van der Waals surface area contributed by atoms with Crippen LogP contribution < -0.4 is 11.1 Å². The van der Waals surface area contributed by atoms with E-state index in [4.69, 9.17) is 5.73 Å². The first kappa shape index (κ1) is 14.8. The molecule has 0 fully saturated rings. The summed E-state index contributed by atoms with van der Waals surface area (Å²) in [6.45, 7) is 1.35. The smallest absolute Gasteiger partial charge is 0.267 e. The van der Waals surface area contributed by atoms with Gasteiger partial charge in [-0.3, -0.25) is 14.5 Å². The van der Waals surface area contributed by atoms with Gasteiger partial charge in [0.15, 0.2) is 0 Å². The molecule has 0 aliphatic heterocycles. The van der Waals surface area contributed by atoms with E-state index in [0.29, 0.717) is 13.1 Å². The number of pyridine rings is 1. The summed E-state index contributed by atoms with van der Waals surface area (Å²) in [5.74, 6) is -0.535. The van der Waals surface area contributed by atoms with Crippen LogP contribution in [0.5, 0.6) is 0 Å². The van der Waals surface area contributed by atoms with Gasteiger partial charge in [0.1, 0.15) is 5.69 Å². The second-order valence-corrected chi connectivity index (χ2v) is 5.12. The minimum atomic E-state index is -0.535. The molecule has 0 unspecified atom stereocenters. The fraction of sp³-hybridized carbons (Fsp3) is 0.118. The molecule has 0 spiro atoms. The zero-order valence-electron chi connectivity index (χ0n) is 12.5. The first-order valence-electron chi connectivity index (χ1n) is 7.26. The van der Waals surface area contributed by atoms with Gasteiger partial charge in [0, 0.05) is 30.8 Å². The summed E-state index contributed by atoms with van der Waals surface area (Å²) in [4.78, 5) is 15.1. The highest BCUT2D eigenvalue weighted by molar-refractivity contribution is 5.91. The van der Waals surface area contributed by atoms with Gasteiger partial charge < -0.3 is 11.1 Å². The summed E-state index contributed by atoms with van der Waals surface area (Å²) in [7, 11) is 0. The maximum atomic E-state index is 11.2. The van der Waals surface area contributed by atoms with Crippen molar-refractivity contribution < 1.29 is 4.79 Å². The van der Waals surface area contributed by atoms with Crippen LogP contribution in [0, 0.1) is 0 Å². The Morgan fingerprint density at radius 3 is 2.70 bits per heavy atom. The second kappa shape index (κ2) is 6.74. The van der Waals surface area contributed by atoms with Gasteiger partial charge in [-0.05, 0) is 29.3 Å². The van der Waals surface area contributed by atoms with Crippen LogP contribution in [0.15, 0.2) is 61.1 Å². The number of carbonyl (C=O) groups is 1. The van der Waals surface area contributed by atoms with E-state index in [9.17, 15) is 4.79 Å². The van der Waals surface area contributed by atoms with Crippen molar-refractivity contribution in [3.63, 3.8) is 0 Å². The number of nitrogens with two attached hydrogens (primary N) is 1. The summed E-state index contributed by atoms with van der Waals surface area (Å²) in [5, 5.41) is 7.54. The number of amides is 1. The lowest BCUT2D eigenvalue weighted by Gasteiger charge is -2.12. The van der Waals surface area contributed by atoms with Gasteiger partial charge in [-0.2, -0.15) is 5.10 Å². The molecule has 23 heavy (non-hydrogen) atoms. The van der Waals surface area contributed by atoms with Gasteiger partial charge in [-0.15, -0.1) is 0 Å². The molecule has 1 amide bonds. The molecule has 1 aromatic carbocycles. The van der Waals surface area contributed by atoms with E-state index in [1.807, 2.05) is 35.1 Å². The summed E-state index contributed by atoms with van der Waals surface area (Å²) >= 11 is 0. The Morgan fingerprint density at radius 1 is 1.13 bits per heavy atom. The SMILES string of the molecule is NC(=O)c1cc(NCc2ccccc2Cn2cccn2)ccn1. The molecular formula is C17H17N5O. The minimum absolute atomic E-state index is 0.250. The lowest BCUT2D eigenvalue weighted by atomic mass is 10.1. The Hall–Kier alpha value is -3.15. The summed E-state index contributed by atoms with van der Waals surface area (Å²) in [5.41, 5.74) is 8.66. The van der Waals surface area contributed by atoms with Crippen molar-refractivity contribution >= 4 is 11.6 Å². The molecule has 0 aliphatic carbocycles. The first-order chi connectivity index (χ1) is 11.2. The van der Waals surface area contributed by atoms with Crippen molar-refractivity contribution in [1.82, 2.24) is 14.8 Å². The van der Waals surface area contributed by atoms with E-state index < -0.39 is 5.91 Å². The molecule has 6 nitrogen and oxygen atoms in total. The first-order valence-corrected chi connectivity index (χ1v) is 7.26. The number of hydrogen-bond acceptors (Lipinski definition) is 4. The number of aromatic nitrogens is 3. The molecule has 0 bridgehead atoms. The van der Waals surface area contributed by atoms with Crippen molar-refractivity contribution in [2.45, 2.75) is 13.1 Å². The Kier molecular flexibility index (Phi) is 4.33. The van der Waals surface area contributed by atoms with Gasteiger partial charge >= 0.3 is 0 Å². The topological polar surface area (TPSA) is 85.8 Å². The van der Waals surface area contributed by atoms with Crippen molar-refractivity contribution in [3.8, 4) is 0 Å². The van der Waals surface area contributed by atoms with Gasteiger partial charge in [-0.1, -0.05) is 24.3 Å². The number of nitrogens with zero attached hydrogens (tertiary/aromatic N) is 3. The molecular weight excluding hydrogens is 290 g/mol. The van der Waals surface area contributed by atoms with Crippen molar-refractivity contribution in [3.05, 3.63) is 77.9 Å². The fourth-order valence-electron chi connectivity index (χ4n) is 2.33. The molecule has 3 aromatic rings. The number of primary amides is 1. The van der Waals surface area contributed by atoms with Crippen LogP contribution in [-0.4, -0.2) is 20.7 Å². The molecule has 3 rings (SSSR count). The standard InChI is InChI=1S/C17H17N5O/c18-17(23)16-10-15(6-8-19-16)20-11-13-4-1-2-5-14(13)12-22-9-3-7-21-22/h1-10H,11-12H2,(H2,18,23)(H,19,20). The van der Waals surface area contributed by atoms with Gasteiger partial charge in [-0.25, -0.2) is 0 Å². The van der Waals surface area contributed by atoms with Crippen LogP contribution in [0.1, 0.15) is 21.6 Å². The summed E-state index contributed by atoms with van der Waals surface area (Å²) < 4.78 is 1.89. The lowest BCUT2D eigenvalue weighted by Crippen LogP contribution is -2.13. The van der Waals surface area contributed by atoms with Crippen LogP contribution in [0.25, 0.3) is 0 Å². The van der Waals surface area contributed by atoms with Crippen molar-refractivity contribution in [2.75, 3.05) is 5.32 Å². The van der Waals surface area contributed by atoms with Gasteiger partial charge in [0.05, 0.1) is 6.54 Å². The van der Waals surface area contributed by atoms with Crippen LogP contribution in [0.2, 0.25) is 0 Å². The summed E-state index contributed by atoms with van der Waals surface area (Å²) in [6, 6.07) is 13.5. The van der Waals surface area contributed by atoms with Crippen LogP contribution in [-0.2, 0) is 13.1 Å². The number of carbonyl (C=O) groups excluding carboxylic acids is 1. The number of hydrogen-bond donors (Lipinski definition) is 2. The van der Waals surface area contributed by atoms with Gasteiger partial charge in [0.2, 0.25) is 0 Å². The van der Waals surface area contributed by atoms with E-state index in [1.165, 1.54) is 11.1 Å². The highest BCUT2D eigenvalue weighted by Gasteiger charge is 2.05. The molecule has 0 saturated heterocycles. The van der Waals surface area contributed by atoms with E-state index in [1.54, 1.807) is 18.5 Å². The molecule has 0 saturated carbocycles. The zero-order chi connectivity index (χ0) is 16.1. The van der Waals surface area contributed by atoms with Crippen molar-refractivity contribution in [1.29, 1.82) is 0 Å². The molecule has 2 aromatic heterocycles. The molecule has 6 heteroatoms. The normalized spacial score (nSPS) is 10.4. The Morgan fingerprint density at radius 2 is 1.96 bits per heavy atom. The molecule has 2 heterocycles. The zero-order valence-corrected chi connectivity index (χ0v) is 12.5. The molecule has 0 atom stereocenters. The number of rotatable bonds is 6. The number of anilines is 1. The third kappa shape index (κ3) is 3.74. The largest absolute Gasteiger partial charge is 0.381 e. The quantitative estimate of drug-likeness (QED) is 0.729. The maximum Gasteiger partial charge on any atom is 0.267 e. The monoisotopic (exact) mass is 307 g/mol. The molecule has 3 N–H and O–H groups in total. The molecule has 0 aliphatic rings. The van der Waals surface area contributed by atoms with Crippen LogP contribution in [0.4, 0.5) is 5.69 Å². The maximum absolute atomic E-state index is 11.2. The van der Waals surface area contributed by atoms with Gasteiger partial charge in [0.25, 0.3) is 5.91 Å². The van der Waals surface area contributed by atoms with E-state index in [-0.39, 0.29) is 5.69 Å². The number of benzene rings is 1. The third-order valence-corrected chi connectivity index (χ3v) is 3.51. The number of nitrogens with one attached hydrogen (secondary N) is 1. The Labute approximate surface area is 134 Å². The predicted octanol–water partition coefficient (Wildman–Crippen LogP) is 2.04. The highest BCUT2D eigenvalue weighted by atomic mass is 16.1. The predicted molar refractivity (Wildman–Crippen MR) is 87.9 cm³/mol. The lowest BCUT2D eigenvalue weighted by molar-refractivity contribution is 0.0995. The minimum Gasteiger partial charge on any atom is -0.381 e. The van der Waals surface area contributed by atoms with E-state index in [2.05, 4.69) is 27.5 Å². The van der Waals surface area contributed by atoms with Crippen LogP contribution in [0.3, 0.4) is 0 Å². The van der Waals surface area contributed by atoms with E-state index in [0.717, 1.165) is 5.69 Å². The second-order valence-electron chi connectivity index (χ2n) is 5.12.